The highest BCUT2D eigenvalue weighted by Crippen LogP contribution is 2.41. The molecular formula is C23H36N2O2. The van der Waals surface area contributed by atoms with E-state index >= 15 is 0 Å². The van der Waals surface area contributed by atoms with Gasteiger partial charge in [-0.2, -0.15) is 0 Å². The summed E-state index contributed by atoms with van der Waals surface area (Å²) in [4.78, 5) is 17.5. The minimum absolute atomic E-state index is 0.167. The maximum atomic E-state index is 13.0. The average molecular weight is 373 g/mol. The Labute approximate surface area is 164 Å². The highest BCUT2D eigenvalue weighted by molar-refractivity contribution is 5.94. The van der Waals surface area contributed by atoms with Crippen molar-refractivity contribution in [3.8, 4) is 0 Å². The van der Waals surface area contributed by atoms with E-state index in [9.17, 15) is 9.90 Å². The van der Waals surface area contributed by atoms with E-state index in [2.05, 4.69) is 22.9 Å². The molecule has 0 saturated carbocycles. The van der Waals surface area contributed by atoms with Gasteiger partial charge in [0, 0.05) is 18.7 Å². The molecule has 0 radical (unpaired) electrons. The number of hydrogen-bond acceptors (Lipinski definition) is 3. The molecule has 2 aliphatic rings. The van der Waals surface area contributed by atoms with E-state index in [0.717, 1.165) is 43.5 Å². The van der Waals surface area contributed by atoms with Crippen LogP contribution in [0.1, 0.15) is 68.3 Å². The predicted molar refractivity (Wildman–Crippen MR) is 110 cm³/mol. The molecule has 2 heterocycles. The number of benzene rings is 1. The standard InChI is InChI=1S/C23H36N2O2/c1-22(2,27)10-8-19-6-4-7-20(18-19)21(26)25-16-12-23(13-17-25)9-5-14-24(3)15-11-23/h4,6-7,18,27H,5,8-17H2,1-3H3. The first-order valence-electron chi connectivity index (χ1n) is 10.6. The largest absolute Gasteiger partial charge is 0.390 e. The third kappa shape index (κ3) is 5.55. The summed E-state index contributed by atoms with van der Waals surface area (Å²) >= 11 is 0. The fourth-order valence-electron chi connectivity index (χ4n) is 4.57. The van der Waals surface area contributed by atoms with E-state index in [4.69, 9.17) is 0 Å². The van der Waals surface area contributed by atoms with Crippen molar-refractivity contribution in [3.63, 3.8) is 0 Å². The molecule has 0 bridgehead atoms. The Morgan fingerprint density at radius 3 is 2.52 bits per heavy atom. The Balaban J connectivity index is 1.59. The van der Waals surface area contributed by atoms with Crippen LogP contribution in [-0.4, -0.2) is 59.6 Å². The first-order valence-corrected chi connectivity index (χ1v) is 10.6. The lowest BCUT2D eigenvalue weighted by Gasteiger charge is -2.41. The lowest BCUT2D eigenvalue weighted by atomic mass is 9.73. The molecule has 2 aliphatic heterocycles. The summed E-state index contributed by atoms with van der Waals surface area (Å²) in [7, 11) is 2.22. The number of carbonyl (C=O) groups is 1. The van der Waals surface area contributed by atoms with Gasteiger partial charge in [0.25, 0.3) is 5.91 Å². The quantitative estimate of drug-likeness (QED) is 0.876. The zero-order valence-corrected chi connectivity index (χ0v) is 17.3. The van der Waals surface area contributed by atoms with Crippen LogP contribution < -0.4 is 0 Å². The van der Waals surface area contributed by atoms with E-state index in [1.807, 2.05) is 32.0 Å². The number of aliphatic hydroxyl groups is 1. The molecule has 27 heavy (non-hydrogen) atoms. The Hall–Kier alpha value is -1.39. The minimum atomic E-state index is -0.673. The molecule has 4 nitrogen and oxygen atoms in total. The van der Waals surface area contributed by atoms with Crippen molar-refractivity contribution in [1.82, 2.24) is 9.80 Å². The maximum Gasteiger partial charge on any atom is 0.253 e. The zero-order valence-electron chi connectivity index (χ0n) is 17.3. The summed E-state index contributed by atoms with van der Waals surface area (Å²) in [6.45, 7) is 7.83. The second-order valence-electron chi connectivity index (χ2n) is 9.46. The number of hydrogen-bond donors (Lipinski definition) is 1. The van der Waals surface area contributed by atoms with E-state index < -0.39 is 5.60 Å². The molecule has 2 fully saturated rings. The van der Waals surface area contributed by atoms with Crippen LogP contribution >= 0.6 is 0 Å². The lowest BCUT2D eigenvalue weighted by Crippen LogP contribution is -2.43. The molecular weight excluding hydrogens is 336 g/mol. The van der Waals surface area contributed by atoms with Crippen molar-refractivity contribution in [2.45, 2.75) is 64.4 Å². The van der Waals surface area contributed by atoms with E-state index in [0.29, 0.717) is 11.8 Å². The van der Waals surface area contributed by atoms with Gasteiger partial charge < -0.3 is 14.9 Å². The Bertz CT molecular complexity index is 642. The molecule has 1 spiro atoms. The minimum Gasteiger partial charge on any atom is -0.390 e. The van der Waals surface area contributed by atoms with Crippen molar-refractivity contribution in [2.24, 2.45) is 5.41 Å². The van der Waals surface area contributed by atoms with Gasteiger partial charge >= 0.3 is 0 Å². The molecule has 1 amide bonds. The summed E-state index contributed by atoms with van der Waals surface area (Å²) in [5, 5.41) is 9.94. The molecule has 3 rings (SSSR count). The van der Waals surface area contributed by atoms with Crippen molar-refractivity contribution in [2.75, 3.05) is 33.2 Å². The molecule has 0 atom stereocenters. The molecule has 1 aromatic carbocycles. The van der Waals surface area contributed by atoms with Crippen LogP contribution in [0.15, 0.2) is 24.3 Å². The monoisotopic (exact) mass is 372 g/mol. The van der Waals surface area contributed by atoms with Crippen LogP contribution in [0.3, 0.4) is 0 Å². The fourth-order valence-corrected chi connectivity index (χ4v) is 4.57. The van der Waals surface area contributed by atoms with Crippen molar-refractivity contribution >= 4 is 5.91 Å². The Morgan fingerprint density at radius 1 is 1.11 bits per heavy atom. The summed E-state index contributed by atoms with van der Waals surface area (Å²) in [6, 6.07) is 7.97. The Kier molecular flexibility index (Phi) is 6.27. The predicted octanol–water partition coefficient (Wildman–Crippen LogP) is 3.73. The number of rotatable bonds is 4. The second-order valence-corrected chi connectivity index (χ2v) is 9.46. The third-order valence-electron chi connectivity index (χ3n) is 6.58. The molecule has 1 N–H and O–H groups in total. The van der Waals surface area contributed by atoms with Gasteiger partial charge in [0.1, 0.15) is 0 Å². The number of aryl methyl sites for hydroxylation is 1. The lowest BCUT2D eigenvalue weighted by molar-refractivity contribution is 0.0542. The van der Waals surface area contributed by atoms with Crippen LogP contribution in [0.4, 0.5) is 0 Å². The number of likely N-dealkylation sites (tertiary alicyclic amines) is 2. The SMILES string of the molecule is CN1CCCC2(CC1)CCN(C(=O)c1cccc(CCC(C)(C)O)c1)CC2. The first kappa shape index (κ1) is 20.3. The van der Waals surface area contributed by atoms with Crippen LogP contribution in [0.2, 0.25) is 0 Å². The fraction of sp³-hybridized carbons (Fsp3) is 0.696. The molecule has 0 aromatic heterocycles. The molecule has 4 heteroatoms. The third-order valence-corrected chi connectivity index (χ3v) is 6.58. The number of amides is 1. The smallest absolute Gasteiger partial charge is 0.253 e. The summed E-state index contributed by atoms with van der Waals surface area (Å²) in [6.07, 6.45) is 7.65. The number of nitrogens with zero attached hydrogens (tertiary/aromatic N) is 2. The van der Waals surface area contributed by atoms with Gasteiger partial charge in [-0.05, 0) is 102 Å². The normalized spacial score (nSPS) is 21.3. The topological polar surface area (TPSA) is 43.8 Å². The average Bonchev–Trinajstić information content (AvgIpc) is 2.82. The maximum absolute atomic E-state index is 13.0. The summed E-state index contributed by atoms with van der Waals surface area (Å²) in [5.41, 5.74) is 1.70. The van der Waals surface area contributed by atoms with Crippen LogP contribution in [0.25, 0.3) is 0 Å². The van der Waals surface area contributed by atoms with Gasteiger partial charge in [0.15, 0.2) is 0 Å². The van der Waals surface area contributed by atoms with Crippen LogP contribution in [0.5, 0.6) is 0 Å². The molecule has 150 valence electrons. The van der Waals surface area contributed by atoms with Crippen LogP contribution in [-0.2, 0) is 6.42 Å². The highest BCUT2D eigenvalue weighted by Gasteiger charge is 2.36. The van der Waals surface area contributed by atoms with Gasteiger partial charge in [-0.15, -0.1) is 0 Å². The summed E-state index contributed by atoms with van der Waals surface area (Å²) < 4.78 is 0. The van der Waals surface area contributed by atoms with Gasteiger partial charge in [-0.3, -0.25) is 4.79 Å². The molecule has 0 aliphatic carbocycles. The molecule has 1 aromatic rings. The van der Waals surface area contributed by atoms with Gasteiger partial charge in [-0.25, -0.2) is 0 Å². The van der Waals surface area contributed by atoms with Crippen molar-refractivity contribution in [1.29, 1.82) is 0 Å². The van der Waals surface area contributed by atoms with Gasteiger partial charge in [0.05, 0.1) is 5.60 Å². The van der Waals surface area contributed by atoms with E-state index in [1.54, 1.807) is 0 Å². The van der Waals surface area contributed by atoms with Crippen molar-refractivity contribution in [3.05, 3.63) is 35.4 Å². The number of carbonyl (C=O) groups excluding carboxylic acids is 1. The van der Waals surface area contributed by atoms with Crippen LogP contribution in [0, 0.1) is 5.41 Å². The van der Waals surface area contributed by atoms with E-state index in [1.165, 1.54) is 32.4 Å². The Morgan fingerprint density at radius 2 is 1.81 bits per heavy atom. The zero-order chi connectivity index (χ0) is 19.5. The highest BCUT2D eigenvalue weighted by atomic mass is 16.3. The summed E-state index contributed by atoms with van der Waals surface area (Å²) in [5.74, 6) is 0.167. The van der Waals surface area contributed by atoms with Gasteiger partial charge in [-0.1, -0.05) is 12.1 Å². The van der Waals surface area contributed by atoms with Gasteiger partial charge in [0.2, 0.25) is 0 Å². The molecule has 0 unspecified atom stereocenters. The number of piperidine rings is 1. The van der Waals surface area contributed by atoms with Crippen molar-refractivity contribution < 1.29 is 9.90 Å². The van der Waals surface area contributed by atoms with E-state index in [-0.39, 0.29) is 5.91 Å². The second kappa shape index (κ2) is 8.32. The molecule has 2 saturated heterocycles. The first-order chi connectivity index (χ1) is 12.8.